The smallest absolute Gasteiger partial charge is 0.421 e. The van der Waals surface area contributed by atoms with Gasteiger partial charge in [0, 0.05) is 19.0 Å². The molecule has 0 N–H and O–H groups in total. The molecular formula is C39H37ClN2O9S. The molecule has 2 amide bonds. The molecule has 1 aromatic heterocycles. The van der Waals surface area contributed by atoms with Crippen LogP contribution in [0.3, 0.4) is 0 Å². The predicted octanol–water partition coefficient (Wildman–Crippen LogP) is 8.10. The van der Waals surface area contributed by atoms with E-state index in [0.29, 0.717) is 17.7 Å². The number of hydrogen-bond donors (Lipinski definition) is 0. The van der Waals surface area contributed by atoms with Gasteiger partial charge in [-0.05, 0) is 68.7 Å². The Balaban J connectivity index is 1.55. The van der Waals surface area contributed by atoms with Gasteiger partial charge in [0.25, 0.3) is 0 Å². The van der Waals surface area contributed by atoms with E-state index in [1.165, 1.54) is 12.1 Å². The van der Waals surface area contributed by atoms with Gasteiger partial charge in [-0.3, -0.25) is 13.9 Å². The van der Waals surface area contributed by atoms with E-state index in [1.807, 2.05) is 60.7 Å². The first-order valence-electron chi connectivity index (χ1n) is 16.5. The van der Waals surface area contributed by atoms with Crippen molar-refractivity contribution in [2.75, 3.05) is 21.5 Å². The summed E-state index contributed by atoms with van der Waals surface area (Å²) in [7, 11) is -3.85. The number of rotatable bonds is 9. The van der Waals surface area contributed by atoms with Crippen LogP contribution in [0.2, 0.25) is 5.02 Å². The highest BCUT2D eigenvalue weighted by molar-refractivity contribution is 7.93. The number of amides is 2. The Morgan fingerprint density at radius 2 is 1.54 bits per heavy atom. The van der Waals surface area contributed by atoms with Crippen LogP contribution >= 0.6 is 11.6 Å². The van der Waals surface area contributed by atoms with Crippen molar-refractivity contribution in [3.05, 3.63) is 117 Å². The van der Waals surface area contributed by atoms with E-state index in [2.05, 4.69) is 0 Å². The van der Waals surface area contributed by atoms with Crippen LogP contribution in [0.4, 0.5) is 16.2 Å². The summed E-state index contributed by atoms with van der Waals surface area (Å²) < 4.78 is 51.9. The summed E-state index contributed by atoms with van der Waals surface area (Å²) in [6.07, 6.45) is -0.688. The number of hydrogen-bond acceptors (Lipinski definition) is 9. The van der Waals surface area contributed by atoms with E-state index in [9.17, 15) is 22.8 Å². The lowest BCUT2D eigenvalue weighted by molar-refractivity contribution is -0.116. The fourth-order valence-corrected chi connectivity index (χ4v) is 7.53. The van der Waals surface area contributed by atoms with E-state index in [0.717, 1.165) is 27.3 Å². The molecule has 0 aliphatic carbocycles. The van der Waals surface area contributed by atoms with E-state index >= 15 is 0 Å². The van der Waals surface area contributed by atoms with Crippen molar-refractivity contribution >= 4 is 56.0 Å². The molecule has 0 atom stereocenters. The molecule has 0 radical (unpaired) electrons. The number of imide groups is 1. The van der Waals surface area contributed by atoms with Crippen LogP contribution in [0.15, 0.2) is 100 Å². The number of halogens is 1. The van der Waals surface area contributed by atoms with Gasteiger partial charge in [0.2, 0.25) is 27.1 Å². The molecule has 6 rings (SSSR count). The molecule has 11 nitrogen and oxygen atoms in total. The Morgan fingerprint density at radius 3 is 2.10 bits per heavy atom. The topological polar surface area (TPSA) is 133 Å². The average Bonchev–Trinajstić information content (AvgIpc) is 3.45. The normalized spacial score (nSPS) is 13.9. The molecule has 1 aliphatic heterocycles. The van der Waals surface area contributed by atoms with Gasteiger partial charge < -0.3 is 18.6 Å². The minimum atomic E-state index is -3.85. The van der Waals surface area contributed by atoms with Crippen molar-refractivity contribution in [1.29, 1.82) is 0 Å². The number of fused-ring (bicyclic) bond motifs is 1. The van der Waals surface area contributed by atoms with Gasteiger partial charge >= 0.3 is 6.09 Å². The second-order valence-electron chi connectivity index (χ2n) is 13.2. The summed E-state index contributed by atoms with van der Waals surface area (Å²) in [5.41, 5.74) is 0.245. The van der Waals surface area contributed by atoms with Crippen molar-refractivity contribution < 1.29 is 36.6 Å². The maximum absolute atomic E-state index is 14.6. The van der Waals surface area contributed by atoms with Crippen molar-refractivity contribution in [3.8, 4) is 22.8 Å². The second-order valence-corrected chi connectivity index (χ2v) is 15.6. The van der Waals surface area contributed by atoms with Crippen LogP contribution in [-0.2, 0) is 32.8 Å². The van der Waals surface area contributed by atoms with Crippen LogP contribution in [-0.4, -0.2) is 38.3 Å². The van der Waals surface area contributed by atoms with Gasteiger partial charge in [-0.15, -0.1) is 0 Å². The number of carbonyl (C=O) groups is 2. The molecule has 0 bridgehead atoms. The van der Waals surface area contributed by atoms with Gasteiger partial charge in [0.15, 0.2) is 11.3 Å². The van der Waals surface area contributed by atoms with Crippen LogP contribution in [0.25, 0.3) is 22.3 Å². The standard InChI is InChI=1S/C39H37ClN2O9S/c1-25(43)42(38(45)51-39(2,3)4)29-21-30-34(44)37(49-24-27-14-9-6-10-15-27)35(50-36(30)32(22-29)41-18-11-19-52(41,46)47)28-16-17-33(31(40)20-28)48-23-26-12-7-5-8-13-26/h5-10,12-17,20-22H,11,18-19,23-24H2,1-4H3. The summed E-state index contributed by atoms with van der Waals surface area (Å²) in [5, 5.41) is 0.113. The molecular weight excluding hydrogens is 708 g/mol. The van der Waals surface area contributed by atoms with Crippen molar-refractivity contribution in [2.45, 2.75) is 52.9 Å². The maximum atomic E-state index is 14.6. The van der Waals surface area contributed by atoms with Crippen LogP contribution < -0.4 is 24.1 Å². The summed E-state index contributed by atoms with van der Waals surface area (Å²) in [6, 6.07) is 26.3. The van der Waals surface area contributed by atoms with Gasteiger partial charge in [-0.2, -0.15) is 0 Å². The van der Waals surface area contributed by atoms with Crippen LogP contribution in [0.1, 0.15) is 45.2 Å². The fourth-order valence-electron chi connectivity index (χ4n) is 5.74. The zero-order valence-corrected chi connectivity index (χ0v) is 30.6. The molecule has 0 spiro atoms. The minimum Gasteiger partial charge on any atom is -0.487 e. The SMILES string of the molecule is CC(=O)N(C(=O)OC(C)(C)C)c1cc(N2CCCS2(=O)=O)c2oc(-c3ccc(OCc4ccccc4)c(Cl)c3)c(OCc3ccccc3)c(=O)c2c1. The lowest BCUT2D eigenvalue weighted by atomic mass is 10.1. The Hall–Kier alpha value is -5.33. The molecule has 1 saturated heterocycles. The summed E-state index contributed by atoms with van der Waals surface area (Å²) in [6.45, 7) is 6.44. The third-order valence-electron chi connectivity index (χ3n) is 8.09. The zero-order valence-electron chi connectivity index (χ0n) is 29.1. The van der Waals surface area contributed by atoms with E-state index < -0.39 is 33.1 Å². The van der Waals surface area contributed by atoms with E-state index in [-0.39, 0.29) is 64.4 Å². The number of benzene rings is 4. The predicted molar refractivity (Wildman–Crippen MR) is 200 cm³/mol. The first-order chi connectivity index (χ1) is 24.7. The Bertz CT molecular complexity index is 2300. The molecule has 2 heterocycles. The van der Waals surface area contributed by atoms with Crippen LogP contribution in [0.5, 0.6) is 11.5 Å². The Morgan fingerprint density at radius 1 is 0.904 bits per heavy atom. The number of ether oxygens (including phenoxy) is 3. The Labute approximate surface area is 306 Å². The van der Waals surface area contributed by atoms with Crippen molar-refractivity contribution in [3.63, 3.8) is 0 Å². The molecule has 0 saturated carbocycles. The number of sulfonamides is 1. The van der Waals surface area contributed by atoms with Gasteiger partial charge in [-0.1, -0.05) is 72.3 Å². The quantitative estimate of drug-likeness (QED) is 0.147. The molecule has 0 unspecified atom stereocenters. The fraction of sp³-hybridized carbons (Fsp3) is 0.256. The third kappa shape index (κ3) is 7.93. The number of nitrogens with zero attached hydrogens (tertiary/aromatic N) is 2. The molecule has 1 aliphatic rings. The number of carbonyl (C=O) groups excluding carboxylic acids is 2. The molecule has 5 aromatic rings. The molecule has 1 fully saturated rings. The maximum Gasteiger partial charge on any atom is 0.421 e. The molecule has 4 aromatic carbocycles. The van der Waals surface area contributed by atoms with E-state index in [1.54, 1.807) is 39.0 Å². The minimum absolute atomic E-state index is 0.00824. The summed E-state index contributed by atoms with van der Waals surface area (Å²) in [5.74, 6) is -0.661. The van der Waals surface area contributed by atoms with Crippen molar-refractivity contribution in [2.24, 2.45) is 0 Å². The van der Waals surface area contributed by atoms with Gasteiger partial charge in [0.1, 0.15) is 24.6 Å². The summed E-state index contributed by atoms with van der Waals surface area (Å²) >= 11 is 6.71. The largest absolute Gasteiger partial charge is 0.487 e. The lowest BCUT2D eigenvalue weighted by Gasteiger charge is -2.27. The first-order valence-corrected chi connectivity index (χ1v) is 18.5. The molecule has 52 heavy (non-hydrogen) atoms. The van der Waals surface area contributed by atoms with Gasteiger partial charge in [0.05, 0.1) is 27.5 Å². The monoisotopic (exact) mass is 744 g/mol. The highest BCUT2D eigenvalue weighted by Crippen LogP contribution is 2.41. The molecule has 270 valence electrons. The second kappa shape index (κ2) is 14.7. The highest BCUT2D eigenvalue weighted by atomic mass is 35.5. The van der Waals surface area contributed by atoms with Crippen molar-refractivity contribution in [1.82, 2.24) is 0 Å². The Kier molecular flexibility index (Phi) is 10.3. The molecule has 13 heteroatoms. The van der Waals surface area contributed by atoms with Crippen LogP contribution in [0, 0.1) is 0 Å². The highest BCUT2D eigenvalue weighted by Gasteiger charge is 2.35. The lowest BCUT2D eigenvalue weighted by Crippen LogP contribution is -2.40. The first kappa shape index (κ1) is 36.5. The zero-order chi connectivity index (χ0) is 37.2. The summed E-state index contributed by atoms with van der Waals surface area (Å²) in [4.78, 5) is 41.6. The number of anilines is 2. The van der Waals surface area contributed by atoms with E-state index in [4.69, 9.17) is 30.2 Å². The third-order valence-corrected chi connectivity index (χ3v) is 10.2. The average molecular weight is 745 g/mol. The van der Waals surface area contributed by atoms with Gasteiger partial charge in [-0.25, -0.2) is 18.1 Å².